The Bertz CT molecular complexity index is 1080. The highest BCUT2D eigenvalue weighted by atomic mass is 32.2. The molecule has 0 spiro atoms. The topological polar surface area (TPSA) is 98.1 Å². The number of benzene rings is 1. The normalized spacial score (nSPS) is 19.6. The second-order valence-electron chi connectivity index (χ2n) is 6.57. The molecular weight excluding hydrogens is 381 g/mol. The molecule has 7 nitrogen and oxygen atoms in total. The third kappa shape index (κ3) is 3.48. The van der Waals surface area contributed by atoms with Crippen LogP contribution in [0.1, 0.15) is 29.4 Å². The summed E-state index contributed by atoms with van der Waals surface area (Å²) in [6.07, 6.45) is 0.403. The van der Waals surface area contributed by atoms with E-state index < -0.39 is 25.7 Å². The zero-order chi connectivity index (χ0) is 19.3. The van der Waals surface area contributed by atoms with E-state index in [4.69, 9.17) is 0 Å². The number of sulfonamides is 1. The van der Waals surface area contributed by atoms with Crippen LogP contribution in [-0.4, -0.2) is 38.1 Å². The number of aryl methyl sites for hydroxylation is 2. The molecule has 1 N–H and O–H groups in total. The molecule has 0 unspecified atom stereocenters. The molecule has 0 bridgehead atoms. The fourth-order valence-electron chi connectivity index (χ4n) is 3.22. The SMILES string of the molecule is Cc1ccc(NS(=O)(=O)c2c(C)nn([C@@H]3CCS(=O)(=O)C3)c2C)cc1F. The first-order valence-electron chi connectivity index (χ1n) is 8.05. The second-order valence-corrected chi connectivity index (χ2v) is 10.4. The van der Waals surface area contributed by atoms with Crippen LogP contribution in [0.4, 0.5) is 10.1 Å². The average molecular weight is 401 g/mol. The van der Waals surface area contributed by atoms with Crippen molar-refractivity contribution in [2.24, 2.45) is 0 Å². The van der Waals surface area contributed by atoms with E-state index >= 15 is 0 Å². The van der Waals surface area contributed by atoms with E-state index in [9.17, 15) is 21.2 Å². The Morgan fingerprint density at radius 3 is 2.54 bits per heavy atom. The monoisotopic (exact) mass is 401 g/mol. The maximum Gasteiger partial charge on any atom is 0.265 e. The molecule has 0 amide bonds. The van der Waals surface area contributed by atoms with Crippen LogP contribution in [0.5, 0.6) is 0 Å². The lowest BCUT2D eigenvalue weighted by atomic mass is 10.2. The molecule has 10 heteroatoms. The molecule has 1 aliphatic rings. The fourth-order valence-corrected chi connectivity index (χ4v) is 6.37. The summed E-state index contributed by atoms with van der Waals surface area (Å²) in [6, 6.07) is 3.71. The molecule has 1 aliphatic heterocycles. The summed E-state index contributed by atoms with van der Waals surface area (Å²) in [5, 5.41) is 4.26. The fraction of sp³-hybridized carbons (Fsp3) is 0.438. The average Bonchev–Trinajstić information content (AvgIpc) is 3.02. The molecule has 2 heterocycles. The number of hydrogen-bond acceptors (Lipinski definition) is 5. The molecule has 1 saturated heterocycles. The molecule has 26 heavy (non-hydrogen) atoms. The first-order chi connectivity index (χ1) is 12.0. The van der Waals surface area contributed by atoms with Gasteiger partial charge < -0.3 is 0 Å². The van der Waals surface area contributed by atoms with Crippen LogP contribution in [0.15, 0.2) is 23.1 Å². The summed E-state index contributed by atoms with van der Waals surface area (Å²) >= 11 is 0. The van der Waals surface area contributed by atoms with Gasteiger partial charge in [-0.2, -0.15) is 5.10 Å². The van der Waals surface area contributed by atoms with Gasteiger partial charge in [0.25, 0.3) is 10.0 Å². The van der Waals surface area contributed by atoms with Crippen molar-refractivity contribution in [3.8, 4) is 0 Å². The van der Waals surface area contributed by atoms with Crippen molar-refractivity contribution in [3.63, 3.8) is 0 Å². The predicted octanol–water partition coefficient (Wildman–Crippen LogP) is 2.11. The molecule has 1 aromatic carbocycles. The number of sulfone groups is 1. The lowest BCUT2D eigenvalue weighted by molar-refractivity contribution is 0.484. The Balaban J connectivity index is 1.96. The van der Waals surface area contributed by atoms with Gasteiger partial charge in [-0.15, -0.1) is 0 Å². The van der Waals surface area contributed by atoms with E-state index in [1.54, 1.807) is 20.8 Å². The van der Waals surface area contributed by atoms with E-state index in [2.05, 4.69) is 9.82 Å². The maximum atomic E-state index is 13.7. The molecule has 0 saturated carbocycles. The summed E-state index contributed by atoms with van der Waals surface area (Å²) in [7, 11) is -7.12. The van der Waals surface area contributed by atoms with Crippen molar-refractivity contribution >= 4 is 25.5 Å². The molecule has 1 aromatic heterocycles. The van der Waals surface area contributed by atoms with Crippen molar-refractivity contribution in [3.05, 3.63) is 41.0 Å². The number of hydrogen-bond donors (Lipinski definition) is 1. The lowest BCUT2D eigenvalue weighted by Crippen LogP contribution is -2.17. The summed E-state index contributed by atoms with van der Waals surface area (Å²) < 4.78 is 66.5. The minimum atomic E-state index is -3.99. The minimum Gasteiger partial charge on any atom is -0.279 e. The van der Waals surface area contributed by atoms with Gasteiger partial charge >= 0.3 is 0 Å². The smallest absolute Gasteiger partial charge is 0.265 e. The number of nitrogens with zero attached hydrogens (tertiary/aromatic N) is 2. The number of halogens is 1. The Labute approximate surface area is 152 Å². The molecular formula is C16H20FN3O4S2. The van der Waals surface area contributed by atoms with Crippen LogP contribution in [0.2, 0.25) is 0 Å². The van der Waals surface area contributed by atoms with Gasteiger partial charge in [0.1, 0.15) is 10.7 Å². The van der Waals surface area contributed by atoms with Crippen molar-refractivity contribution in [1.82, 2.24) is 9.78 Å². The van der Waals surface area contributed by atoms with Gasteiger partial charge in [0.15, 0.2) is 9.84 Å². The Hall–Kier alpha value is -1.94. The Morgan fingerprint density at radius 1 is 1.27 bits per heavy atom. The van der Waals surface area contributed by atoms with E-state index in [1.807, 2.05) is 0 Å². The van der Waals surface area contributed by atoms with Gasteiger partial charge in [-0.05, 0) is 44.9 Å². The minimum absolute atomic E-state index is 0.0113. The number of rotatable bonds is 4. The molecule has 1 atom stereocenters. The van der Waals surface area contributed by atoms with E-state index in [0.717, 1.165) is 6.07 Å². The van der Waals surface area contributed by atoms with Gasteiger partial charge in [0.2, 0.25) is 0 Å². The third-order valence-electron chi connectivity index (χ3n) is 4.51. The number of aromatic nitrogens is 2. The van der Waals surface area contributed by atoms with Crippen molar-refractivity contribution in [2.75, 3.05) is 16.2 Å². The standard InChI is InChI=1S/C16H20FN3O4S2/c1-10-4-5-13(8-15(10)17)19-26(23,24)16-11(2)18-20(12(16)3)14-6-7-25(21,22)9-14/h4-5,8,14,19H,6-7,9H2,1-3H3/t14-/m1/s1. The van der Waals surface area contributed by atoms with Gasteiger partial charge in [-0.3, -0.25) is 9.40 Å². The number of nitrogens with one attached hydrogen (secondary N) is 1. The van der Waals surface area contributed by atoms with Crippen LogP contribution in [0.25, 0.3) is 0 Å². The third-order valence-corrected chi connectivity index (χ3v) is 7.89. The second kappa shape index (κ2) is 6.34. The number of anilines is 1. The van der Waals surface area contributed by atoms with E-state index in [0.29, 0.717) is 17.7 Å². The summed E-state index contributed by atoms with van der Waals surface area (Å²) in [6.45, 7) is 4.73. The largest absolute Gasteiger partial charge is 0.279 e. The predicted molar refractivity (Wildman–Crippen MR) is 96.0 cm³/mol. The molecule has 2 aromatic rings. The van der Waals surface area contributed by atoms with Gasteiger partial charge in [0, 0.05) is 0 Å². The van der Waals surface area contributed by atoms with Crippen LogP contribution in [0.3, 0.4) is 0 Å². The molecule has 1 fully saturated rings. The van der Waals surface area contributed by atoms with E-state index in [-0.39, 0.29) is 33.8 Å². The first-order valence-corrected chi connectivity index (χ1v) is 11.4. The van der Waals surface area contributed by atoms with Crippen LogP contribution < -0.4 is 4.72 Å². The summed E-state index contributed by atoms with van der Waals surface area (Å²) in [5.41, 5.74) is 1.16. The zero-order valence-electron chi connectivity index (χ0n) is 14.7. The van der Waals surface area contributed by atoms with Crippen LogP contribution >= 0.6 is 0 Å². The van der Waals surface area contributed by atoms with Crippen molar-refractivity contribution < 1.29 is 21.2 Å². The van der Waals surface area contributed by atoms with Crippen LogP contribution in [-0.2, 0) is 19.9 Å². The lowest BCUT2D eigenvalue weighted by Gasteiger charge is -2.12. The zero-order valence-corrected chi connectivity index (χ0v) is 16.3. The summed E-state index contributed by atoms with van der Waals surface area (Å²) in [5.74, 6) is -0.491. The van der Waals surface area contributed by atoms with Gasteiger partial charge in [-0.25, -0.2) is 21.2 Å². The highest BCUT2D eigenvalue weighted by molar-refractivity contribution is 7.92. The Kier molecular flexibility index (Phi) is 4.60. The maximum absolute atomic E-state index is 13.7. The molecule has 0 radical (unpaired) electrons. The highest BCUT2D eigenvalue weighted by Crippen LogP contribution is 2.29. The van der Waals surface area contributed by atoms with Crippen LogP contribution in [0, 0.1) is 26.6 Å². The molecule has 142 valence electrons. The van der Waals surface area contributed by atoms with E-state index in [1.165, 1.54) is 16.8 Å². The Morgan fingerprint density at radius 2 is 1.96 bits per heavy atom. The highest BCUT2D eigenvalue weighted by Gasteiger charge is 2.33. The van der Waals surface area contributed by atoms with Gasteiger partial charge in [-0.1, -0.05) is 6.07 Å². The van der Waals surface area contributed by atoms with Gasteiger partial charge in [0.05, 0.1) is 34.6 Å². The van der Waals surface area contributed by atoms with Crippen molar-refractivity contribution in [1.29, 1.82) is 0 Å². The quantitative estimate of drug-likeness (QED) is 0.846. The molecule has 3 rings (SSSR count). The summed E-state index contributed by atoms with van der Waals surface area (Å²) in [4.78, 5) is -0.0113. The first kappa shape index (κ1) is 18.8. The van der Waals surface area contributed by atoms with Crippen molar-refractivity contribution in [2.45, 2.75) is 38.1 Å². The molecule has 0 aliphatic carbocycles.